The molecular weight excluding hydrogens is 318 g/mol. The molecule has 25 heavy (non-hydrogen) atoms. The number of nitrogens with one attached hydrogen (secondary N) is 1. The van der Waals surface area contributed by atoms with Crippen LogP contribution in [0.5, 0.6) is 0 Å². The number of carbonyl (C=O) groups is 2. The van der Waals surface area contributed by atoms with Gasteiger partial charge in [-0.25, -0.2) is 4.79 Å². The molecule has 4 aliphatic rings. The third-order valence-electron chi connectivity index (χ3n) is 6.30. The van der Waals surface area contributed by atoms with E-state index in [2.05, 4.69) is 19.2 Å². The van der Waals surface area contributed by atoms with Crippen molar-refractivity contribution in [3.63, 3.8) is 0 Å². The highest BCUT2D eigenvalue weighted by Crippen LogP contribution is 2.53. The Bertz CT molecular complexity index is 756. The molecule has 2 aliphatic carbocycles. The zero-order chi connectivity index (χ0) is 17.9. The van der Waals surface area contributed by atoms with Crippen LogP contribution in [0.25, 0.3) is 0 Å². The fraction of sp³-hybridized carbons (Fsp3) is 0.600. The summed E-state index contributed by atoms with van der Waals surface area (Å²) in [7, 11) is 0. The van der Waals surface area contributed by atoms with E-state index in [-0.39, 0.29) is 29.3 Å². The van der Waals surface area contributed by atoms with Gasteiger partial charge in [0.15, 0.2) is 0 Å². The Labute approximate surface area is 148 Å². The lowest BCUT2D eigenvalue weighted by molar-refractivity contribution is -0.153. The number of rotatable bonds is 2. The van der Waals surface area contributed by atoms with E-state index in [1.807, 2.05) is 6.92 Å². The van der Waals surface area contributed by atoms with E-state index in [4.69, 9.17) is 9.47 Å². The topological polar surface area (TPSA) is 64.6 Å². The predicted octanol–water partition coefficient (Wildman–Crippen LogP) is 3.13. The Balaban J connectivity index is 1.56. The molecule has 0 aromatic rings. The zero-order valence-corrected chi connectivity index (χ0v) is 15.3. The standard InChI is InChI=1S/C20H25NO4/c1-10-11(2)19(25-18(10)23)24-9-14-13-8-12-6-5-7-20(3,4)15(12)16(13)21-17(14)22/h9,13,16,19H,5-8H2,1-4H3,(H,21,22). The van der Waals surface area contributed by atoms with Gasteiger partial charge in [-0.1, -0.05) is 19.4 Å². The van der Waals surface area contributed by atoms with Gasteiger partial charge in [0, 0.05) is 17.1 Å². The van der Waals surface area contributed by atoms with Crippen molar-refractivity contribution in [2.45, 2.75) is 65.7 Å². The van der Waals surface area contributed by atoms with Crippen molar-refractivity contribution in [1.82, 2.24) is 5.32 Å². The van der Waals surface area contributed by atoms with E-state index in [9.17, 15) is 9.59 Å². The van der Waals surface area contributed by atoms with Gasteiger partial charge in [0.2, 0.25) is 0 Å². The highest BCUT2D eigenvalue weighted by atomic mass is 16.7. The van der Waals surface area contributed by atoms with E-state index in [0.717, 1.165) is 18.4 Å². The molecule has 1 fully saturated rings. The second-order valence-electron chi connectivity index (χ2n) is 8.27. The highest BCUT2D eigenvalue weighted by molar-refractivity contribution is 5.97. The van der Waals surface area contributed by atoms with Crippen molar-refractivity contribution < 1.29 is 19.1 Å². The first-order valence-corrected chi connectivity index (χ1v) is 9.07. The van der Waals surface area contributed by atoms with Gasteiger partial charge in [-0.3, -0.25) is 4.79 Å². The molecule has 2 aliphatic heterocycles. The minimum absolute atomic E-state index is 0.0643. The molecule has 1 N–H and O–H groups in total. The third-order valence-corrected chi connectivity index (χ3v) is 6.30. The van der Waals surface area contributed by atoms with Crippen LogP contribution in [0.15, 0.2) is 34.1 Å². The van der Waals surface area contributed by atoms with E-state index >= 15 is 0 Å². The van der Waals surface area contributed by atoms with Crippen LogP contribution >= 0.6 is 0 Å². The maximum atomic E-state index is 12.5. The van der Waals surface area contributed by atoms with E-state index in [0.29, 0.717) is 11.1 Å². The lowest BCUT2D eigenvalue weighted by atomic mass is 9.72. The number of cyclic esters (lactones) is 1. The number of allylic oxidation sites excluding steroid dienone is 1. The molecule has 1 amide bonds. The molecule has 0 aromatic carbocycles. The monoisotopic (exact) mass is 343 g/mol. The molecule has 3 atom stereocenters. The summed E-state index contributed by atoms with van der Waals surface area (Å²) >= 11 is 0. The Hall–Kier alpha value is -2.04. The quantitative estimate of drug-likeness (QED) is 0.362. The summed E-state index contributed by atoms with van der Waals surface area (Å²) in [4.78, 5) is 24.1. The molecule has 5 heteroatoms. The molecule has 134 valence electrons. The fourth-order valence-electron chi connectivity index (χ4n) is 4.80. The molecular formula is C20H25NO4. The summed E-state index contributed by atoms with van der Waals surface area (Å²) in [5.74, 6) is -0.280. The molecule has 0 radical (unpaired) electrons. The Kier molecular flexibility index (Phi) is 3.60. The summed E-state index contributed by atoms with van der Waals surface area (Å²) < 4.78 is 10.9. The van der Waals surface area contributed by atoms with Crippen LogP contribution in [0.2, 0.25) is 0 Å². The van der Waals surface area contributed by atoms with Crippen LogP contribution in [0, 0.1) is 11.3 Å². The normalized spacial score (nSPS) is 35.0. The van der Waals surface area contributed by atoms with Crippen molar-refractivity contribution in [1.29, 1.82) is 0 Å². The molecule has 0 saturated carbocycles. The number of esters is 1. The van der Waals surface area contributed by atoms with Gasteiger partial charge in [-0.15, -0.1) is 0 Å². The van der Waals surface area contributed by atoms with Crippen molar-refractivity contribution in [3.05, 3.63) is 34.1 Å². The molecule has 3 unspecified atom stereocenters. The minimum Gasteiger partial charge on any atom is -0.458 e. The van der Waals surface area contributed by atoms with Crippen molar-refractivity contribution >= 4 is 11.9 Å². The SMILES string of the molecule is CC1=C(C)C(OC=C2C(=O)NC3C4=C(CCCC4(C)C)CC23)OC1=O. The van der Waals surface area contributed by atoms with Crippen LogP contribution in [-0.2, 0) is 19.1 Å². The van der Waals surface area contributed by atoms with Gasteiger partial charge in [0.05, 0.1) is 17.9 Å². The summed E-state index contributed by atoms with van der Waals surface area (Å²) in [6, 6.07) is 0.0946. The summed E-state index contributed by atoms with van der Waals surface area (Å²) in [5, 5.41) is 3.16. The van der Waals surface area contributed by atoms with Gasteiger partial charge in [0.25, 0.3) is 12.2 Å². The largest absolute Gasteiger partial charge is 0.458 e. The van der Waals surface area contributed by atoms with Crippen molar-refractivity contribution in [2.75, 3.05) is 0 Å². The van der Waals surface area contributed by atoms with Crippen LogP contribution in [0.1, 0.15) is 53.4 Å². The fourth-order valence-corrected chi connectivity index (χ4v) is 4.80. The molecule has 4 rings (SSSR count). The summed E-state index contributed by atoms with van der Waals surface area (Å²) in [6.07, 6.45) is 5.25. The van der Waals surface area contributed by atoms with Gasteiger partial charge in [-0.05, 0) is 50.5 Å². The first-order chi connectivity index (χ1) is 11.8. The first-order valence-electron chi connectivity index (χ1n) is 9.07. The minimum atomic E-state index is -0.715. The molecule has 0 aromatic heterocycles. The number of hydrogen-bond donors (Lipinski definition) is 1. The number of ether oxygens (including phenoxy) is 2. The molecule has 2 heterocycles. The second-order valence-corrected chi connectivity index (χ2v) is 8.27. The summed E-state index contributed by atoms with van der Waals surface area (Å²) in [6.45, 7) is 8.11. The lowest BCUT2D eigenvalue weighted by Gasteiger charge is -2.35. The smallest absolute Gasteiger partial charge is 0.337 e. The Morgan fingerprint density at radius 1 is 1.28 bits per heavy atom. The molecule has 0 bridgehead atoms. The number of fused-ring (bicyclic) bond motifs is 2. The van der Waals surface area contributed by atoms with Crippen LogP contribution in [-0.4, -0.2) is 24.2 Å². The van der Waals surface area contributed by atoms with E-state index < -0.39 is 6.29 Å². The molecule has 1 saturated heterocycles. The second kappa shape index (κ2) is 5.48. The molecule has 5 nitrogen and oxygen atoms in total. The highest BCUT2D eigenvalue weighted by Gasteiger charge is 2.50. The Morgan fingerprint density at radius 2 is 2.04 bits per heavy atom. The Morgan fingerprint density at radius 3 is 2.72 bits per heavy atom. The zero-order valence-electron chi connectivity index (χ0n) is 15.3. The van der Waals surface area contributed by atoms with E-state index in [1.54, 1.807) is 6.92 Å². The molecule has 0 spiro atoms. The predicted molar refractivity (Wildman–Crippen MR) is 92.1 cm³/mol. The maximum Gasteiger partial charge on any atom is 0.337 e. The van der Waals surface area contributed by atoms with Crippen LogP contribution in [0.4, 0.5) is 0 Å². The van der Waals surface area contributed by atoms with Crippen LogP contribution in [0.3, 0.4) is 0 Å². The van der Waals surface area contributed by atoms with E-state index in [1.165, 1.54) is 30.2 Å². The average Bonchev–Trinajstić information content (AvgIpc) is 3.12. The average molecular weight is 343 g/mol. The third kappa shape index (κ3) is 2.43. The van der Waals surface area contributed by atoms with Gasteiger partial charge in [-0.2, -0.15) is 0 Å². The number of hydrogen-bond acceptors (Lipinski definition) is 4. The van der Waals surface area contributed by atoms with Crippen molar-refractivity contribution in [3.8, 4) is 0 Å². The van der Waals surface area contributed by atoms with Gasteiger partial charge in [0.1, 0.15) is 0 Å². The van der Waals surface area contributed by atoms with Crippen LogP contribution < -0.4 is 5.32 Å². The maximum absolute atomic E-state index is 12.5. The van der Waals surface area contributed by atoms with Gasteiger partial charge < -0.3 is 14.8 Å². The lowest BCUT2D eigenvalue weighted by Crippen LogP contribution is -2.35. The number of carbonyl (C=O) groups excluding carboxylic acids is 2. The first kappa shape index (κ1) is 16.4. The number of amides is 1. The summed E-state index contributed by atoms with van der Waals surface area (Å²) in [5.41, 5.74) is 5.10. The van der Waals surface area contributed by atoms with Gasteiger partial charge >= 0.3 is 5.97 Å². The van der Waals surface area contributed by atoms with Crippen molar-refractivity contribution in [2.24, 2.45) is 11.3 Å².